The molecule has 2 rings (SSSR count). The van der Waals surface area contributed by atoms with Crippen LogP contribution in [0.2, 0.25) is 5.02 Å². The molecule has 0 bridgehead atoms. The Hall–Kier alpha value is -1.07. The summed E-state index contributed by atoms with van der Waals surface area (Å²) >= 11 is 9.75. The number of hydrazine groups is 1. The lowest BCUT2D eigenvalue weighted by molar-refractivity contribution is 0.414. The zero-order valence-electron chi connectivity index (χ0n) is 11.3. The van der Waals surface area contributed by atoms with Crippen LogP contribution in [0.15, 0.2) is 40.9 Å². The number of ether oxygens (including phenoxy) is 1. The molecule has 0 heterocycles. The molecule has 0 aromatic heterocycles. The number of nitrogens with one attached hydrogen (secondary N) is 1. The van der Waals surface area contributed by atoms with Crippen molar-refractivity contribution in [3.05, 3.63) is 62.6 Å². The van der Waals surface area contributed by atoms with E-state index in [4.69, 9.17) is 22.2 Å². The molecule has 0 aliphatic rings. The Bertz CT molecular complexity index is 619. The first kappa shape index (κ1) is 15.3. The number of rotatable bonds is 4. The first-order valence-corrected chi connectivity index (χ1v) is 7.29. The molecule has 3 nitrogen and oxygen atoms in total. The minimum Gasteiger partial charge on any atom is -0.497 e. The van der Waals surface area contributed by atoms with E-state index in [0.717, 1.165) is 26.9 Å². The summed E-state index contributed by atoms with van der Waals surface area (Å²) < 4.78 is 6.19. The molecule has 1 unspecified atom stereocenters. The lowest BCUT2D eigenvalue weighted by Crippen LogP contribution is -2.29. The van der Waals surface area contributed by atoms with Crippen molar-refractivity contribution in [2.24, 2.45) is 5.84 Å². The third-order valence-electron chi connectivity index (χ3n) is 3.22. The predicted octanol–water partition coefficient (Wildman–Crippen LogP) is 3.97. The minimum atomic E-state index is -0.175. The minimum absolute atomic E-state index is 0.175. The Morgan fingerprint density at radius 1 is 1.20 bits per heavy atom. The fraction of sp³-hybridized carbons (Fsp3) is 0.200. The molecule has 1 atom stereocenters. The molecule has 0 aliphatic heterocycles. The topological polar surface area (TPSA) is 47.3 Å². The van der Waals surface area contributed by atoms with Gasteiger partial charge in [-0.1, -0.05) is 33.6 Å². The van der Waals surface area contributed by atoms with Crippen molar-refractivity contribution < 1.29 is 4.74 Å². The van der Waals surface area contributed by atoms with Gasteiger partial charge >= 0.3 is 0 Å². The van der Waals surface area contributed by atoms with E-state index in [1.165, 1.54) is 0 Å². The highest BCUT2D eigenvalue weighted by Crippen LogP contribution is 2.32. The van der Waals surface area contributed by atoms with Gasteiger partial charge in [0.15, 0.2) is 0 Å². The van der Waals surface area contributed by atoms with Gasteiger partial charge in [-0.25, -0.2) is 5.43 Å². The van der Waals surface area contributed by atoms with Crippen LogP contribution in [0.5, 0.6) is 5.75 Å². The molecule has 2 aromatic rings. The van der Waals surface area contributed by atoms with E-state index in [0.29, 0.717) is 5.02 Å². The maximum atomic E-state index is 6.29. The third-order valence-corrected chi connectivity index (χ3v) is 4.06. The molecule has 5 heteroatoms. The SMILES string of the molecule is COc1ccc(C(NN)c2cc(Br)ccc2Cl)c(C)c1. The van der Waals surface area contributed by atoms with Crippen LogP contribution in [0.25, 0.3) is 0 Å². The fourth-order valence-corrected chi connectivity index (χ4v) is 2.79. The molecular weight excluding hydrogens is 340 g/mol. The summed E-state index contributed by atoms with van der Waals surface area (Å²) in [5, 5.41) is 0.673. The van der Waals surface area contributed by atoms with E-state index < -0.39 is 0 Å². The van der Waals surface area contributed by atoms with Crippen molar-refractivity contribution >= 4 is 27.5 Å². The van der Waals surface area contributed by atoms with Crippen LogP contribution >= 0.6 is 27.5 Å². The summed E-state index contributed by atoms with van der Waals surface area (Å²) in [7, 11) is 1.65. The molecule has 0 saturated carbocycles. The van der Waals surface area contributed by atoms with E-state index in [1.54, 1.807) is 7.11 Å². The lowest BCUT2D eigenvalue weighted by Gasteiger charge is -2.21. The van der Waals surface area contributed by atoms with Gasteiger partial charge in [-0.15, -0.1) is 0 Å². The molecule has 106 valence electrons. The highest BCUT2D eigenvalue weighted by molar-refractivity contribution is 9.10. The lowest BCUT2D eigenvalue weighted by atomic mass is 9.95. The van der Waals surface area contributed by atoms with E-state index in [1.807, 2.05) is 43.3 Å². The van der Waals surface area contributed by atoms with Crippen LogP contribution in [0, 0.1) is 6.92 Å². The first-order chi connectivity index (χ1) is 9.56. The number of methoxy groups -OCH3 is 1. The molecule has 0 amide bonds. The Kier molecular flexibility index (Phi) is 5.05. The maximum Gasteiger partial charge on any atom is 0.119 e. The normalized spacial score (nSPS) is 12.2. The Morgan fingerprint density at radius 2 is 1.95 bits per heavy atom. The predicted molar refractivity (Wildman–Crippen MR) is 86.0 cm³/mol. The molecule has 0 fully saturated rings. The first-order valence-electron chi connectivity index (χ1n) is 6.12. The number of nitrogens with two attached hydrogens (primary N) is 1. The highest BCUT2D eigenvalue weighted by Gasteiger charge is 2.18. The molecule has 0 spiro atoms. The Labute approximate surface area is 132 Å². The van der Waals surface area contributed by atoms with Crippen molar-refractivity contribution in [1.82, 2.24) is 5.43 Å². The average Bonchev–Trinajstić information content (AvgIpc) is 2.44. The fourth-order valence-electron chi connectivity index (χ4n) is 2.18. The van der Waals surface area contributed by atoms with E-state index in [9.17, 15) is 0 Å². The number of aryl methyl sites for hydroxylation is 1. The summed E-state index contributed by atoms with van der Waals surface area (Å²) in [6.45, 7) is 2.02. The molecule has 2 aromatic carbocycles. The third kappa shape index (κ3) is 3.15. The highest BCUT2D eigenvalue weighted by atomic mass is 79.9. The average molecular weight is 356 g/mol. The molecule has 3 N–H and O–H groups in total. The van der Waals surface area contributed by atoms with Crippen molar-refractivity contribution in [3.8, 4) is 5.75 Å². The van der Waals surface area contributed by atoms with Crippen molar-refractivity contribution in [2.45, 2.75) is 13.0 Å². The summed E-state index contributed by atoms with van der Waals surface area (Å²) in [6, 6.07) is 11.4. The Morgan fingerprint density at radius 3 is 2.55 bits per heavy atom. The zero-order valence-corrected chi connectivity index (χ0v) is 13.6. The van der Waals surface area contributed by atoms with Crippen molar-refractivity contribution in [2.75, 3.05) is 7.11 Å². The van der Waals surface area contributed by atoms with Crippen LogP contribution < -0.4 is 16.0 Å². The van der Waals surface area contributed by atoms with Crippen LogP contribution in [0.1, 0.15) is 22.7 Å². The standard InChI is InChI=1S/C15H16BrClN2O/c1-9-7-11(20-2)4-5-12(9)15(19-18)13-8-10(16)3-6-14(13)17/h3-8,15,19H,18H2,1-2H3. The second-order valence-corrected chi connectivity index (χ2v) is 5.81. The molecule has 0 aliphatic carbocycles. The van der Waals surface area contributed by atoms with Crippen LogP contribution in [0.3, 0.4) is 0 Å². The Balaban J connectivity index is 2.49. The number of hydrogen-bond acceptors (Lipinski definition) is 3. The zero-order chi connectivity index (χ0) is 14.7. The van der Waals surface area contributed by atoms with Gasteiger partial charge in [-0.3, -0.25) is 5.84 Å². The van der Waals surface area contributed by atoms with Gasteiger partial charge in [-0.2, -0.15) is 0 Å². The summed E-state index contributed by atoms with van der Waals surface area (Å²) in [5.74, 6) is 6.56. The van der Waals surface area contributed by atoms with Gasteiger partial charge in [-0.05, 0) is 53.9 Å². The van der Waals surface area contributed by atoms with Gasteiger partial charge in [0, 0.05) is 9.50 Å². The van der Waals surface area contributed by atoms with Gasteiger partial charge in [0.2, 0.25) is 0 Å². The van der Waals surface area contributed by atoms with E-state index in [-0.39, 0.29) is 6.04 Å². The quantitative estimate of drug-likeness (QED) is 0.644. The van der Waals surface area contributed by atoms with Crippen LogP contribution in [0.4, 0.5) is 0 Å². The van der Waals surface area contributed by atoms with Gasteiger partial charge < -0.3 is 4.74 Å². The smallest absolute Gasteiger partial charge is 0.119 e. The van der Waals surface area contributed by atoms with Gasteiger partial charge in [0.25, 0.3) is 0 Å². The number of hydrogen-bond donors (Lipinski definition) is 2. The molecule has 0 saturated heterocycles. The molecular formula is C15H16BrClN2O. The van der Waals surface area contributed by atoms with E-state index in [2.05, 4.69) is 21.4 Å². The molecule has 0 radical (unpaired) electrons. The van der Waals surface area contributed by atoms with Crippen LogP contribution in [-0.2, 0) is 0 Å². The number of benzene rings is 2. The van der Waals surface area contributed by atoms with Gasteiger partial charge in [0.1, 0.15) is 5.75 Å². The summed E-state index contributed by atoms with van der Waals surface area (Å²) in [5.41, 5.74) is 5.91. The summed E-state index contributed by atoms with van der Waals surface area (Å²) in [6.07, 6.45) is 0. The second-order valence-electron chi connectivity index (χ2n) is 4.49. The van der Waals surface area contributed by atoms with E-state index >= 15 is 0 Å². The van der Waals surface area contributed by atoms with Crippen molar-refractivity contribution in [3.63, 3.8) is 0 Å². The maximum absolute atomic E-state index is 6.29. The number of halogens is 2. The second kappa shape index (κ2) is 6.59. The summed E-state index contributed by atoms with van der Waals surface area (Å²) in [4.78, 5) is 0. The van der Waals surface area contributed by atoms with Crippen LogP contribution in [-0.4, -0.2) is 7.11 Å². The van der Waals surface area contributed by atoms with Crippen molar-refractivity contribution in [1.29, 1.82) is 0 Å². The monoisotopic (exact) mass is 354 g/mol. The molecule has 20 heavy (non-hydrogen) atoms. The van der Waals surface area contributed by atoms with Gasteiger partial charge in [0.05, 0.1) is 13.2 Å². The largest absolute Gasteiger partial charge is 0.497 e.